The first-order valence-electron chi connectivity index (χ1n) is 14.6. The Morgan fingerprint density at radius 1 is 1.10 bits per heavy atom. The van der Waals surface area contributed by atoms with Gasteiger partial charge in [0, 0.05) is 42.6 Å². The van der Waals surface area contributed by atoms with Gasteiger partial charge in [0.05, 0.1) is 6.04 Å². The number of benzene rings is 2. The van der Waals surface area contributed by atoms with Crippen LogP contribution in [0.1, 0.15) is 77.3 Å². The predicted molar refractivity (Wildman–Crippen MR) is 156 cm³/mol. The van der Waals surface area contributed by atoms with Crippen molar-refractivity contribution in [3.63, 3.8) is 0 Å². The highest BCUT2D eigenvalue weighted by Crippen LogP contribution is 2.41. The molecule has 3 aromatic rings. The number of fused-ring (bicyclic) bond motifs is 1. The minimum Gasteiger partial charge on any atom is -0.345 e. The maximum absolute atomic E-state index is 14.3. The highest BCUT2D eigenvalue weighted by molar-refractivity contribution is 6.19. The van der Waals surface area contributed by atoms with E-state index in [0.717, 1.165) is 44.6 Å². The molecule has 206 valence electrons. The van der Waals surface area contributed by atoms with Crippen molar-refractivity contribution in [1.82, 2.24) is 14.8 Å². The van der Waals surface area contributed by atoms with E-state index < -0.39 is 5.54 Å². The molecule has 2 saturated heterocycles. The lowest BCUT2D eigenvalue weighted by atomic mass is 9.81. The number of urea groups is 1. The molecule has 1 aliphatic carbocycles. The van der Waals surface area contributed by atoms with E-state index in [9.17, 15) is 9.18 Å². The third kappa shape index (κ3) is 4.86. The molecule has 1 saturated carbocycles. The summed E-state index contributed by atoms with van der Waals surface area (Å²) in [5, 5.41) is 4.41. The third-order valence-corrected chi connectivity index (χ3v) is 9.05. The number of carbonyl (C=O) groups is 1. The van der Waals surface area contributed by atoms with Crippen LogP contribution in [0.15, 0.2) is 59.7 Å². The van der Waals surface area contributed by atoms with Crippen LogP contribution < -0.4 is 10.2 Å². The van der Waals surface area contributed by atoms with Crippen LogP contribution in [0, 0.1) is 5.82 Å². The molecule has 39 heavy (non-hydrogen) atoms. The fourth-order valence-corrected chi connectivity index (χ4v) is 7.00. The maximum Gasteiger partial charge on any atom is 0.328 e. The molecule has 7 heteroatoms. The molecule has 6 nitrogen and oxygen atoms in total. The second-order valence-electron chi connectivity index (χ2n) is 12.0. The molecule has 0 unspecified atom stereocenters. The van der Waals surface area contributed by atoms with E-state index in [1.807, 2.05) is 6.07 Å². The average molecular weight is 530 g/mol. The molecule has 1 spiro atoms. The SMILES string of the molecule is CC(C)n1ccc2ccc(CN3CC[C@@]4(C[C@@H]3C)C(=NC3CCCCC3)NC(=O)N4c3cccc(F)c3)cc21. The number of hydrogen-bond donors (Lipinski definition) is 1. The summed E-state index contributed by atoms with van der Waals surface area (Å²) in [5.74, 6) is 0.450. The zero-order valence-electron chi connectivity index (χ0n) is 23.4. The Kier molecular flexibility index (Phi) is 6.96. The van der Waals surface area contributed by atoms with Crippen molar-refractivity contribution in [3.8, 4) is 0 Å². The smallest absolute Gasteiger partial charge is 0.328 e. The lowest BCUT2D eigenvalue weighted by Gasteiger charge is -2.47. The molecule has 2 aliphatic heterocycles. The Bertz CT molecular complexity index is 1390. The highest BCUT2D eigenvalue weighted by atomic mass is 19.1. The van der Waals surface area contributed by atoms with Crippen molar-refractivity contribution in [2.75, 3.05) is 11.4 Å². The summed E-state index contributed by atoms with van der Waals surface area (Å²) in [6, 6.07) is 16.1. The van der Waals surface area contributed by atoms with Crippen molar-refractivity contribution in [2.45, 2.75) is 95.9 Å². The number of rotatable bonds is 5. The van der Waals surface area contributed by atoms with Gasteiger partial charge in [-0.1, -0.05) is 37.5 Å². The number of likely N-dealkylation sites (tertiary alicyclic amines) is 1. The summed E-state index contributed by atoms with van der Waals surface area (Å²) in [7, 11) is 0. The van der Waals surface area contributed by atoms with E-state index in [0.29, 0.717) is 11.7 Å². The van der Waals surface area contributed by atoms with Crippen molar-refractivity contribution < 1.29 is 9.18 Å². The minimum atomic E-state index is -0.589. The summed E-state index contributed by atoms with van der Waals surface area (Å²) in [6.07, 6.45) is 9.44. The number of hydrogen-bond acceptors (Lipinski definition) is 3. The number of piperidine rings is 1. The number of amides is 2. The first-order chi connectivity index (χ1) is 18.8. The number of nitrogens with one attached hydrogen (secondary N) is 1. The number of nitrogens with zero attached hydrogens (tertiary/aromatic N) is 4. The van der Waals surface area contributed by atoms with Gasteiger partial charge in [-0.3, -0.25) is 20.1 Å². The number of aromatic nitrogens is 1. The van der Waals surface area contributed by atoms with E-state index in [1.54, 1.807) is 11.0 Å². The molecule has 3 heterocycles. The van der Waals surface area contributed by atoms with E-state index in [1.165, 1.54) is 47.9 Å². The Morgan fingerprint density at radius 3 is 2.67 bits per heavy atom. The van der Waals surface area contributed by atoms with Gasteiger partial charge in [-0.05, 0) is 87.7 Å². The summed E-state index contributed by atoms with van der Waals surface area (Å²) < 4.78 is 16.6. The van der Waals surface area contributed by atoms with Crippen molar-refractivity contribution in [1.29, 1.82) is 0 Å². The molecule has 2 atom stereocenters. The second-order valence-corrected chi connectivity index (χ2v) is 12.0. The van der Waals surface area contributed by atoms with E-state index in [-0.39, 0.29) is 23.9 Å². The van der Waals surface area contributed by atoms with Crippen LogP contribution in [0.5, 0.6) is 0 Å². The lowest BCUT2D eigenvalue weighted by molar-refractivity contribution is 0.123. The van der Waals surface area contributed by atoms with Crippen molar-refractivity contribution >= 4 is 28.5 Å². The molecule has 0 radical (unpaired) electrons. The molecule has 0 bridgehead atoms. The van der Waals surface area contributed by atoms with Crippen LogP contribution in [0.2, 0.25) is 0 Å². The Balaban J connectivity index is 1.30. The van der Waals surface area contributed by atoms with Gasteiger partial charge in [0.2, 0.25) is 0 Å². The average Bonchev–Trinajstić information content (AvgIpc) is 3.45. The fraction of sp³-hybridized carbons (Fsp3) is 0.500. The van der Waals surface area contributed by atoms with Crippen LogP contribution >= 0.6 is 0 Å². The molecular weight excluding hydrogens is 489 g/mol. The molecule has 1 aromatic heterocycles. The number of halogens is 1. The summed E-state index contributed by atoms with van der Waals surface area (Å²) in [5.41, 5.74) is 2.58. The molecular formula is C32H40FN5O. The van der Waals surface area contributed by atoms with Gasteiger partial charge in [0.1, 0.15) is 17.2 Å². The standard InChI is InChI=1S/C32H40FN5O/c1-22(2)37-16-14-25-13-12-24(18-29(25)37)21-36-17-15-32(20-23(36)3)30(34-27-9-5-4-6-10-27)35-31(39)38(32)28-11-7-8-26(33)19-28/h7-8,11-14,16,18-19,22-23,27H,4-6,9-10,15,17,20-21H2,1-3H3,(H,34,35,39)/t23-,32+/m0/s1. The maximum atomic E-state index is 14.3. The van der Waals surface area contributed by atoms with Crippen LogP contribution in [0.4, 0.5) is 14.9 Å². The Labute approximate surface area is 230 Å². The monoisotopic (exact) mass is 529 g/mol. The van der Waals surface area contributed by atoms with E-state index in [2.05, 4.69) is 66.0 Å². The van der Waals surface area contributed by atoms with Gasteiger partial charge in [0.25, 0.3) is 0 Å². The Hall–Kier alpha value is -3.19. The minimum absolute atomic E-state index is 0.198. The van der Waals surface area contributed by atoms with Gasteiger partial charge in [-0.15, -0.1) is 0 Å². The molecule has 2 amide bonds. The molecule has 1 N–H and O–H groups in total. The van der Waals surface area contributed by atoms with Crippen molar-refractivity contribution in [3.05, 3.63) is 66.1 Å². The van der Waals surface area contributed by atoms with E-state index >= 15 is 0 Å². The van der Waals surface area contributed by atoms with Crippen LogP contribution in [0.3, 0.4) is 0 Å². The van der Waals surface area contributed by atoms with Crippen LogP contribution in [0.25, 0.3) is 10.9 Å². The van der Waals surface area contributed by atoms with Gasteiger partial charge < -0.3 is 4.57 Å². The van der Waals surface area contributed by atoms with Gasteiger partial charge >= 0.3 is 6.03 Å². The Morgan fingerprint density at radius 2 is 1.92 bits per heavy atom. The van der Waals surface area contributed by atoms with Crippen LogP contribution in [-0.2, 0) is 6.54 Å². The van der Waals surface area contributed by atoms with Gasteiger partial charge in [0.15, 0.2) is 0 Å². The molecule has 6 rings (SSSR count). The first kappa shape index (κ1) is 26.1. The van der Waals surface area contributed by atoms with Crippen LogP contribution in [-0.4, -0.2) is 45.5 Å². The van der Waals surface area contributed by atoms with Gasteiger partial charge in [-0.25, -0.2) is 9.18 Å². The largest absolute Gasteiger partial charge is 0.345 e. The summed E-state index contributed by atoms with van der Waals surface area (Å²) in [6.45, 7) is 8.36. The third-order valence-electron chi connectivity index (χ3n) is 9.05. The number of carbonyl (C=O) groups excluding carboxylic acids is 1. The summed E-state index contributed by atoms with van der Waals surface area (Å²) in [4.78, 5) is 23.0. The van der Waals surface area contributed by atoms with E-state index in [4.69, 9.17) is 4.99 Å². The number of anilines is 1. The molecule has 3 fully saturated rings. The second kappa shape index (κ2) is 10.4. The zero-order valence-corrected chi connectivity index (χ0v) is 23.4. The fourth-order valence-electron chi connectivity index (χ4n) is 7.00. The number of aliphatic imine (C=N–C) groups is 1. The topological polar surface area (TPSA) is 52.9 Å². The highest BCUT2D eigenvalue weighted by Gasteiger charge is 2.54. The first-order valence-corrected chi connectivity index (χ1v) is 14.6. The van der Waals surface area contributed by atoms with Crippen molar-refractivity contribution in [2.24, 2.45) is 4.99 Å². The molecule has 2 aromatic carbocycles. The predicted octanol–water partition coefficient (Wildman–Crippen LogP) is 7.05. The quantitative estimate of drug-likeness (QED) is 0.385. The molecule has 3 aliphatic rings. The number of amidine groups is 1. The summed E-state index contributed by atoms with van der Waals surface area (Å²) >= 11 is 0. The normalized spacial score (nSPS) is 25.9. The van der Waals surface area contributed by atoms with Gasteiger partial charge in [-0.2, -0.15) is 0 Å². The zero-order chi connectivity index (χ0) is 27.1. The lowest BCUT2D eigenvalue weighted by Crippen LogP contribution is -2.59.